The summed E-state index contributed by atoms with van der Waals surface area (Å²) in [5, 5.41) is 0.557. The summed E-state index contributed by atoms with van der Waals surface area (Å²) in [6.45, 7) is 10.5. The standard InChI is InChI=1S/C37H47ClN4O3S/c1-6-8-26-17-30(38)13-15-31(26)29-21-42-20-28-11-14-32(28)33(35-19-39-25(4)41(35)5)10-7-9-23(2)24(3)46(44)40-37(43)27-12-16-36(45-22-29)34(42)18-27/h7,10,12-13,15-19,23-24,28-29,32-33H,6,8-9,11,14,20-22H2,1-5H3,(H,40,43)/b10-7+. The third-order valence-corrected chi connectivity index (χ3v) is 12.4. The Morgan fingerprint density at radius 1 is 1.13 bits per heavy atom. The number of nitrogens with one attached hydrogen (secondary N) is 1. The highest BCUT2D eigenvalue weighted by Crippen LogP contribution is 2.47. The fourth-order valence-corrected chi connectivity index (χ4v) is 8.62. The molecule has 2 bridgehead atoms. The number of ether oxygens (including phenoxy) is 1. The van der Waals surface area contributed by atoms with Crippen molar-refractivity contribution in [1.82, 2.24) is 14.3 Å². The van der Waals surface area contributed by atoms with E-state index in [4.69, 9.17) is 16.3 Å². The highest BCUT2D eigenvalue weighted by atomic mass is 35.5. The number of hydrogen-bond donors (Lipinski definition) is 1. The summed E-state index contributed by atoms with van der Waals surface area (Å²) < 4.78 is 24.9. The van der Waals surface area contributed by atoms with Gasteiger partial charge in [-0.05, 0) is 98.7 Å². The molecular formula is C37H47ClN4O3S. The monoisotopic (exact) mass is 662 g/mol. The van der Waals surface area contributed by atoms with Gasteiger partial charge in [-0.1, -0.05) is 50.1 Å². The quantitative estimate of drug-likeness (QED) is 0.293. The van der Waals surface area contributed by atoms with Gasteiger partial charge >= 0.3 is 0 Å². The Morgan fingerprint density at radius 3 is 2.67 bits per heavy atom. The highest BCUT2D eigenvalue weighted by molar-refractivity contribution is 7.84. The Labute approximate surface area is 281 Å². The number of aromatic nitrogens is 2. The number of imidazole rings is 1. The summed E-state index contributed by atoms with van der Waals surface area (Å²) in [4.78, 5) is 20.6. The second kappa shape index (κ2) is 13.9. The molecule has 7 nitrogen and oxygen atoms in total. The maximum absolute atomic E-state index is 13.4. The van der Waals surface area contributed by atoms with Crippen molar-refractivity contribution in [3.05, 3.63) is 88.0 Å². The van der Waals surface area contributed by atoms with Gasteiger partial charge in [0.05, 0.1) is 17.5 Å². The molecule has 3 heterocycles. The molecule has 246 valence electrons. The zero-order chi connectivity index (χ0) is 32.5. The van der Waals surface area contributed by atoms with Crippen molar-refractivity contribution in [3.63, 3.8) is 0 Å². The Balaban J connectivity index is 1.41. The maximum atomic E-state index is 13.4. The Morgan fingerprint density at radius 2 is 1.96 bits per heavy atom. The molecule has 3 aliphatic rings. The first kappa shape index (κ1) is 32.8. The molecule has 7 atom stereocenters. The smallest absolute Gasteiger partial charge is 0.263 e. The molecule has 1 aliphatic carbocycles. The first-order chi connectivity index (χ1) is 22.1. The number of benzene rings is 2. The summed E-state index contributed by atoms with van der Waals surface area (Å²) in [7, 11) is 0.595. The summed E-state index contributed by atoms with van der Waals surface area (Å²) in [5.41, 5.74) is 5.21. The third-order valence-electron chi connectivity index (χ3n) is 10.7. The molecule has 46 heavy (non-hydrogen) atoms. The molecule has 2 aliphatic heterocycles. The first-order valence-electron chi connectivity index (χ1n) is 16.8. The molecule has 6 rings (SSSR count). The van der Waals surface area contributed by atoms with Crippen molar-refractivity contribution in [2.45, 2.75) is 76.9 Å². The molecule has 1 aromatic heterocycles. The molecule has 0 spiro atoms. The molecular weight excluding hydrogens is 616 g/mol. The lowest BCUT2D eigenvalue weighted by Gasteiger charge is -2.44. The number of aryl methyl sites for hydroxylation is 2. The molecule has 1 fully saturated rings. The molecule has 1 amide bonds. The van der Waals surface area contributed by atoms with Crippen molar-refractivity contribution in [1.29, 1.82) is 0 Å². The number of amides is 1. The second-order valence-corrected chi connectivity index (χ2v) is 15.6. The zero-order valence-electron chi connectivity index (χ0n) is 27.7. The summed E-state index contributed by atoms with van der Waals surface area (Å²) >= 11 is 6.46. The van der Waals surface area contributed by atoms with Crippen LogP contribution in [0, 0.1) is 24.7 Å². The van der Waals surface area contributed by atoms with E-state index in [0.717, 1.165) is 67.5 Å². The van der Waals surface area contributed by atoms with Crippen LogP contribution in [-0.4, -0.2) is 44.6 Å². The van der Waals surface area contributed by atoms with E-state index in [2.05, 4.69) is 71.3 Å². The maximum Gasteiger partial charge on any atom is 0.263 e. The number of hydrogen-bond acceptors (Lipinski definition) is 5. The molecule has 1 N–H and O–H groups in total. The summed E-state index contributed by atoms with van der Waals surface area (Å²) in [6, 6.07) is 11.9. The van der Waals surface area contributed by atoms with Crippen LogP contribution in [0.2, 0.25) is 5.02 Å². The van der Waals surface area contributed by atoms with Gasteiger partial charge in [-0.2, -0.15) is 0 Å². The normalized spacial score (nSPS) is 29.1. The predicted octanol–water partition coefficient (Wildman–Crippen LogP) is 7.51. The van der Waals surface area contributed by atoms with Gasteiger partial charge in [-0.25, -0.2) is 9.19 Å². The molecule has 0 saturated heterocycles. The van der Waals surface area contributed by atoms with Gasteiger partial charge in [-0.15, -0.1) is 0 Å². The number of rotatable bonds is 4. The van der Waals surface area contributed by atoms with Crippen LogP contribution >= 0.6 is 11.6 Å². The molecule has 3 aromatic rings. The zero-order valence-corrected chi connectivity index (χ0v) is 29.2. The average Bonchev–Trinajstić information content (AvgIpc) is 3.24. The number of carbonyl (C=O) groups is 1. The number of anilines is 1. The number of allylic oxidation sites excluding steroid dienone is 2. The molecule has 2 aromatic carbocycles. The van der Waals surface area contributed by atoms with Crippen LogP contribution in [-0.2, 0) is 24.5 Å². The van der Waals surface area contributed by atoms with E-state index in [1.54, 1.807) is 6.07 Å². The molecule has 7 unspecified atom stereocenters. The topological polar surface area (TPSA) is 76.5 Å². The van der Waals surface area contributed by atoms with Crippen molar-refractivity contribution < 1.29 is 13.7 Å². The lowest BCUT2D eigenvalue weighted by molar-refractivity contribution is 0.0982. The van der Waals surface area contributed by atoms with Crippen LogP contribution in [0.25, 0.3) is 0 Å². The molecule has 9 heteroatoms. The van der Waals surface area contributed by atoms with E-state index >= 15 is 0 Å². The number of fused-ring (bicyclic) bond motifs is 2. The van der Waals surface area contributed by atoms with Crippen molar-refractivity contribution in [2.75, 3.05) is 24.6 Å². The minimum atomic E-state index is -1.52. The number of carbonyl (C=O) groups excluding carboxylic acids is 1. The van der Waals surface area contributed by atoms with Gasteiger partial charge in [0.1, 0.15) is 22.6 Å². The van der Waals surface area contributed by atoms with Gasteiger partial charge < -0.3 is 14.2 Å². The largest absolute Gasteiger partial charge is 0.491 e. The van der Waals surface area contributed by atoms with Crippen molar-refractivity contribution >= 4 is 34.2 Å². The first-order valence-corrected chi connectivity index (χ1v) is 18.4. The van der Waals surface area contributed by atoms with E-state index < -0.39 is 11.0 Å². The molecule has 0 radical (unpaired) electrons. The van der Waals surface area contributed by atoms with Crippen LogP contribution in [0.4, 0.5) is 5.69 Å². The lowest BCUT2D eigenvalue weighted by atomic mass is 9.65. The van der Waals surface area contributed by atoms with Crippen LogP contribution in [0.1, 0.15) is 91.3 Å². The lowest BCUT2D eigenvalue weighted by Crippen LogP contribution is -2.42. The van der Waals surface area contributed by atoms with Crippen molar-refractivity contribution in [2.24, 2.45) is 24.8 Å². The van der Waals surface area contributed by atoms with E-state index in [0.29, 0.717) is 24.0 Å². The number of halogens is 1. The minimum absolute atomic E-state index is 0.134. The average molecular weight is 663 g/mol. The third kappa shape index (κ3) is 6.66. The van der Waals surface area contributed by atoms with Crippen LogP contribution in [0.3, 0.4) is 0 Å². The van der Waals surface area contributed by atoms with Gasteiger partial charge in [0.2, 0.25) is 0 Å². The van der Waals surface area contributed by atoms with E-state index in [1.807, 2.05) is 31.3 Å². The van der Waals surface area contributed by atoms with Gasteiger partial charge in [-0.3, -0.25) is 9.52 Å². The van der Waals surface area contributed by atoms with Crippen LogP contribution in [0.15, 0.2) is 54.7 Å². The fourth-order valence-electron chi connectivity index (χ4n) is 7.41. The molecule has 1 saturated carbocycles. The summed E-state index contributed by atoms with van der Waals surface area (Å²) in [6.07, 6.45) is 11.8. The fraction of sp³-hybridized carbons (Fsp3) is 0.514. The van der Waals surface area contributed by atoms with E-state index in [1.165, 1.54) is 16.8 Å². The number of nitrogens with zero attached hydrogens (tertiary/aromatic N) is 3. The van der Waals surface area contributed by atoms with Gasteiger partial charge in [0.15, 0.2) is 0 Å². The van der Waals surface area contributed by atoms with Crippen LogP contribution < -0.4 is 14.4 Å². The minimum Gasteiger partial charge on any atom is -0.491 e. The van der Waals surface area contributed by atoms with Gasteiger partial charge in [0.25, 0.3) is 5.91 Å². The SMILES string of the molecule is CCCc1cc(Cl)ccc1C1COc2ccc3cc2N(C1)CC1CCC1C(c1cnc(C)n1C)/C=C/CC(C)C(C)S(=O)NC3=O. The second-order valence-electron chi connectivity index (χ2n) is 13.6. The highest BCUT2D eigenvalue weighted by Gasteiger charge is 2.40. The van der Waals surface area contributed by atoms with Crippen LogP contribution in [0.5, 0.6) is 5.75 Å². The van der Waals surface area contributed by atoms with Gasteiger partial charge in [0, 0.05) is 54.4 Å². The predicted molar refractivity (Wildman–Crippen MR) is 187 cm³/mol. The summed E-state index contributed by atoms with van der Waals surface area (Å²) in [5.74, 6) is 2.91. The Bertz CT molecular complexity index is 1640. The van der Waals surface area contributed by atoms with E-state index in [-0.39, 0.29) is 28.9 Å². The Kier molecular flexibility index (Phi) is 9.95. The van der Waals surface area contributed by atoms with E-state index in [9.17, 15) is 9.00 Å². The van der Waals surface area contributed by atoms with Crippen molar-refractivity contribution in [3.8, 4) is 5.75 Å². The Hall–Kier alpha value is -3.10.